The molecule has 0 aromatic heterocycles. The van der Waals surface area contributed by atoms with Crippen LogP contribution < -0.4 is 11.2 Å². The minimum atomic E-state index is -0.0379. The Hall–Kier alpha value is -3.87. The van der Waals surface area contributed by atoms with Crippen molar-refractivity contribution in [3.8, 4) is 11.5 Å². The second-order valence-electron chi connectivity index (χ2n) is 5.38. The maximum atomic E-state index is 10.1. The van der Waals surface area contributed by atoms with Gasteiger partial charge in [-0.1, -0.05) is 30.3 Å². The summed E-state index contributed by atoms with van der Waals surface area (Å²) in [7, 11) is 0. The van der Waals surface area contributed by atoms with Gasteiger partial charge in [0.1, 0.15) is 17.2 Å². The lowest BCUT2D eigenvalue weighted by Crippen LogP contribution is -2.02. The minimum absolute atomic E-state index is 0.0107. The van der Waals surface area contributed by atoms with Crippen molar-refractivity contribution in [2.24, 2.45) is 15.3 Å². The molecule has 7 heteroatoms. The molecule has 0 bridgehead atoms. The summed E-state index contributed by atoms with van der Waals surface area (Å²) < 4.78 is 0. The highest BCUT2D eigenvalue weighted by Gasteiger charge is 2.10. The molecule has 0 aliphatic heterocycles. The number of rotatable bonds is 4. The summed E-state index contributed by atoms with van der Waals surface area (Å²) in [6.45, 7) is 0. The summed E-state index contributed by atoms with van der Waals surface area (Å²) >= 11 is 0. The van der Waals surface area contributed by atoms with Crippen LogP contribution >= 0.6 is 0 Å². The molecule has 0 radical (unpaired) electrons. The molecule has 0 atom stereocenters. The van der Waals surface area contributed by atoms with E-state index in [9.17, 15) is 10.2 Å². The lowest BCUT2D eigenvalue weighted by atomic mass is 10.1. The third-order valence-corrected chi connectivity index (χ3v) is 3.46. The number of nitrogens with zero attached hydrogens (tertiary/aromatic N) is 3. The Morgan fingerprint density at radius 3 is 2.35 bits per heavy atom. The standard InChI is InChI=1S/C19H17N5O2/c20-13-10-11-17(25)15(12-13)19(23-21-14-6-2-1-3-7-14)24-22-16-8-4-5-9-18(16)26/h1-12,21,25-26H,20H2. The van der Waals surface area contributed by atoms with Crippen molar-refractivity contribution in [2.45, 2.75) is 0 Å². The number of para-hydroxylation sites is 2. The average molecular weight is 347 g/mol. The van der Waals surface area contributed by atoms with E-state index in [1.165, 1.54) is 12.1 Å². The third-order valence-electron chi connectivity index (χ3n) is 3.46. The number of nitrogens with two attached hydrogens (primary N) is 1. The lowest BCUT2D eigenvalue weighted by Gasteiger charge is -2.06. The van der Waals surface area contributed by atoms with Gasteiger partial charge in [0.05, 0.1) is 11.3 Å². The first-order chi connectivity index (χ1) is 12.6. The van der Waals surface area contributed by atoms with E-state index in [0.717, 1.165) is 5.69 Å². The molecule has 3 rings (SSSR count). The number of amidine groups is 1. The number of hydrogen-bond donors (Lipinski definition) is 4. The topological polar surface area (TPSA) is 116 Å². The molecule has 0 saturated heterocycles. The number of hydrazone groups is 1. The van der Waals surface area contributed by atoms with Gasteiger partial charge in [0, 0.05) is 5.69 Å². The van der Waals surface area contributed by atoms with Crippen LogP contribution in [0, 0.1) is 0 Å². The van der Waals surface area contributed by atoms with Gasteiger partial charge in [0.25, 0.3) is 0 Å². The van der Waals surface area contributed by atoms with Gasteiger partial charge in [0.2, 0.25) is 5.84 Å². The first kappa shape index (κ1) is 17.0. The molecule has 0 amide bonds. The predicted molar refractivity (Wildman–Crippen MR) is 102 cm³/mol. The van der Waals surface area contributed by atoms with Crippen LogP contribution in [-0.4, -0.2) is 16.0 Å². The van der Waals surface area contributed by atoms with Crippen LogP contribution in [0.1, 0.15) is 5.56 Å². The Morgan fingerprint density at radius 2 is 1.58 bits per heavy atom. The van der Waals surface area contributed by atoms with Crippen LogP contribution in [0.25, 0.3) is 0 Å². The van der Waals surface area contributed by atoms with Crippen LogP contribution in [0.4, 0.5) is 17.1 Å². The fraction of sp³-hybridized carbons (Fsp3) is 0. The monoisotopic (exact) mass is 347 g/mol. The number of nitrogen functional groups attached to an aromatic ring is 1. The summed E-state index contributed by atoms with van der Waals surface area (Å²) in [6.07, 6.45) is 0. The maximum absolute atomic E-state index is 10.1. The number of benzene rings is 3. The van der Waals surface area contributed by atoms with Crippen LogP contribution in [0.3, 0.4) is 0 Å². The van der Waals surface area contributed by atoms with Crippen LogP contribution in [0.15, 0.2) is 88.1 Å². The molecule has 0 heterocycles. The van der Waals surface area contributed by atoms with Crippen molar-refractivity contribution in [1.29, 1.82) is 0 Å². The van der Waals surface area contributed by atoms with E-state index in [0.29, 0.717) is 11.3 Å². The van der Waals surface area contributed by atoms with Gasteiger partial charge in [-0.25, -0.2) is 0 Å². The van der Waals surface area contributed by atoms with Crippen molar-refractivity contribution in [3.63, 3.8) is 0 Å². The molecule has 0 fully saturated rings. The zero-order valence-corrected chi connectivity index (χ0v) is 13.7. The van der Waals surface area contributed by atoms with Crippen molar-refractivity contribution in [3.05, 3.63) is 78.4 Å². The van der Waals surface area contributed by atoms with Crippen molar-refractivity contribution in [2.75, 3.05) is 11.2 Å². The Labute approximate surface area is 150 Å². The van der Waals surface area contributed by atoms with E-state index in [1.54, 1.807) is 30.3 Å². The lowest BCUT2D eigenvalue weighted by molar-refractivity contribution is 0.474. The first-order valence-corrected chi connectivity index (χ1v) is 7.81. The molecule has 0 saturated carbocycles. The highest BCUT2D eigenvalue weighted by atomic mass is 16.3. The Balaban J connectivity index is 1.98. The van der Waals surface area contributed by atoms with E-state index >= 15 is 0 Å². The van der Waals surface area contributed by atoms with E-state index in [-0.39, 0.29) is 23.0 Å². The Morgan fingerprint density at radius 1 is 0.846 bits per heavy atom. The van der Waals surface area contributed by atoms with E-state index in [2.05, 4.69) is 20.8 Å². The van der Waals surface area contributed by atoms with Gasteiger partial charge in [-0.2, -0.15) is 5.10 Å². The molecule has 7 nitrogen and oxygen atoms in total. The molecule has 3 aromatic carbocycles. The summed E-state index contributed by atoms with van der Waals surface area (Å²) in [4.78, 5) is 0. The number of phenols is 2. The predicted octanol–water partition coefficient (Wildman–Crippen LogP) is 4.24. The molecule has 0 aliphatic rings. The zero-order valence-electron chi connectivity index (χ0n) is 13.7. The minimum Gasteiger partial charge on any atom is -0.507 e. The number of azo groups is 1. The molecule has 5 N–H and O–H groups in total. The molecule has 130 valence electrons. The van der Waals surface area contributed by atoms with Crippen molar-refractivity contribution >= 4 is 22.9 Å². The van der Waals surface area contributed by atoms with Gasteiger partial charge in [-0.3, -0.25) is 5.43 Å². The normalized spacial score (nSPS) is 11.6. The van der Waals surface area contributed by atoms with Crippen molar-refractivity contribution < 1.29 is 10.2 Å². The van der Waals surface area contributed by atoms with Gasteiger partial charge in [0.15, 0.2) is 0 Å². The number of anilines is 2. The summed E-state index contributed by atoms with van der Waals surface area (Å²) in [5.74, 6) is 0.0642. The first-order valence-electron chi connectivity index (χ1n) is 7.81. The molecule has 0 unspecified atom stereocenters. The highest BCUT2D eigenvalue weighted by Crippen LogP contribution is 2.27. The third kappa shape index (κ3) is 4.15. The molecule has 3 aromatic rings. The SMILES string of the molecule is Nc1ccc(O)c(C(N=Nc2ccccc2O)=NNc2ccccc2)c1. The number of aromatic hydroxyl groups is 2. The maximum Gasteiger partial charge on any atom is 0.204 e. The summed E-state index contributed by atoms with van der Waals surface area (Å²) in [5.41, 5.74) is 10.4. The molecular weight excluding hydrogens is 330 g/mol. The van der Waals surface area contributed by atoms with Crippen molar-refractivity contribution in [1.82, 2.24) is 0 Å². The second-order valence-corrected chi connectivity index (χ2v) is 5.38. The quantitative estimate of drug-likeness (QED) is 0.141. The van der Waals surface area contributed by atoms with Crippen LogP contribution in [0.2, 0.25) is 0 Å². The molecular formula is C19H17N5O2. The smallest absolute Gasteiger partial charge is 0.204 e. The van der Waals surface area contributed by atoms with Gasteiger partial charge >= 0.3 is 0 Å². The molecule has 26 heavy (non-hydrogen) atoms. The molecule has 0 aliphatic carbocycles. The number of hydrogen-bond acceptors (Lipinski definition) is 6. The van der Waals surface area contributed by atoms with E-state index < -0.39 is 0 Å². The fourth-order valence-electron chi connectivity index (χ4n) is 2.15. The van der Waals surface area contributed by atoms with Gasteiger partial charge in [-0.15, -0.1) is 10.2 Å². The average Bonchev–Trinajstić information content (AvgIpc) is 2.66. The van der Waals surface area contributed by atoms with E-state index in [1.807, 2.05) is 30.3 Å². The summed E-state index contributed by atoms with van der Waals surface area (Å²) in [6, 6.07) is 20.4. The van der Waals surface area contributed by atoms with Crippen LogP contribution in [0.5, 0.6) is 11.5 Å². The van der Waals surface area contributed by atoms with Gasteiger partial charge in [-0.05, 0) is 42.5 Å². The van der Waals surface area contributed by atoms with E-state index in [4.69, 9.17) is 5.73 Å². The number of phenolic OH excluding ortho intramolecular Hbond substituents is 2. The Bertz CT molecular complexity index is 955. The largest absolute Gasteiger partial charge is 0.507 e. The summed E-state index contributed by atoms with van der Waals surface area (Å²) in [5, 5.41) is 32.3. The van der Waals surface area contributed by atoms with Gasteiger partial charge < -0.3 is 15.9 Å². The second kappa shape index (κ2) is 7.80. The molecule has 0 spiro atoms. The highest BCUT2D eigenvalue weighted by molar-refractivity contribution is 6.02. The fourth-order valence-corrected chi connectivity index (χ4v) is 2.15. The Kier molecular flexibility index (Phi) is 5.09. The van der Waals surface area contributed by atoms with Crippen LogP contribution in [-0.2, 0) is 0 Å². The zero-order chi connectivity index (χ0) is 18.4. The number of nitrogens with one attached hydrogen (secondary N) is 1.